The van der Waals surface area contributed by atoms with Crippen LogP contribution in [0, 0.1) is 28.6 Å². The van der Waals surface area contributed by atoms with Crippen molar-refractivity contribution in [2.45, 2.75) is 110 Å². The Morgan fingerprint density at radius 3 is 2.45 bits per heavy atom. The molecule has 0 unspecified atom stereocenters. The predicted octanol–water partition coefficient (Wildman–Crippen LogP) is 4.33. The molecule has 4 rings (SSSR count). The maximum Gasteiger partial charge on any atom is 0.219 e. The van der Waals surface area contributed by atoms with Crippen molar-refractivity contribution >= 4 is 5.78 Å². The normalized spacial score (nSPS) is 38.4. The first kappa shape index (κ1) is 25.0. The van der Waals surface area contributed by atoms with E-state index < -0.39 is 28.6 Å². The Morgan fingerprint density at radius 1 is 1.15 bits per heavy atom. The van der Waals surface area contributed by atoms with Crippen molar-refractivity contribution in [2.24, 2.45) is 28.6 Å². The quantitative estimate of drug-likeness (QED) is 0.454. The molecule has 4 aliphatic carbocycles. The van der Waals surface area contributed by atoms with Gasteiger partial charge in [0.25, 0.3) is 0 Å². The molecule has 0 bridgehead atoms. The van der Waals surface area contributed by atoms with Gasteiger partial charge in [0, 0.05) is 30.6 Å². The zero-order valence-corrected chi connectivity index (χ0v) is 20.7. The van der Waals surface area contributed by atoms with Gasteiger partial charge in [0.15, 0.2) is 0 Å². The zero-order valence-electron chi connectivity index (χ0n) is 20.7. The highest BCUT2D eigenvalue weighted by Crippen LogP contribution is 2.64. The number of aliphatic hydroxyl groups is 4. The number of alkyl halides is 1. The van der Waals surface area contributed by atoms with Gasteiger partial charge in [-0.2, -0.15) is 0 Å². The Kier molecular flexibility index (Phi) is 5.85. The Morgan fingerprint density at radius 2 is 1.82 bits per heavy atom. The second kappa shape index (κ2) is 7.71. The van der Waals surface area contributed by atoms with E-state index in [1.807, 2.05) is 6.92 Å². The van der Waals surface area contributed by atoms with Crippen LogP contribution in [0.3, 0.4) is 0 Å². The Labute approximate surface area is 196 Å². The van der Waals surface area contributed by atoms with Crippen molar-refractivity contribution in [3.8, 4) is 0 Å². The van der Waals surface area contributed by atoms with Gasteiger partial charge in [0.1, 0.15) is 11.5 Å². The molecule has 0 aromatic heterocycles. The molecule has 0 spiro atoms. The maximum atomic E-state index is 13.9. The lowest BCUT2D eigenvalue weighted by atomic mass is 9.50. The van der Waals surface area contributed by atoms with Gasteiger partial charge >= 0.3 is 0 Å². The molecular formula is C27H41FO5. The molecule has 186 valence electrons. The highest BCUT2D eigenvalue weighted by atomic mass is 19.1. The molecule has 0 aliphatic heterocycles. The molecule has 1 saturated carbocycles. The fourth-order valence-electron chi connectivity index (χ4n) is 7.70. The standard InChI is InChI=1S/C27H41FO5/c1-16(7-6-11-23(2,3)28)18-8-9-19-17-13-22(29)21-14-26(30,31)27(32,33)15-25(21,5)20(17)10-12-24(18,19)4/h9,16,18,21,30-33H,6-8,10-15H2,1-5H3/t16-,18-,21+,24-,25-/m1/s1. The molecule has 5 atom stereocenters. The number of Topliss-reactive ketones (excluding diaryl/α,β-unsaturated/α-hetero) is 1. The third-order valence-corrected chi connectivity index (χ3v) is 9.65. The predicted molar refractivity (Wildman–Crippen MR) is 124 cm³/mol. The average molecular weight is 465 g/mol. The minimum Gasteiger partial charge on any atom is -0.361 e. The minimum atomic E-state index is -2.70. The Bertz CT molecular complexity index is 895. The van der Waals surface area contributed by atoms with Crippen LogP contribution in [-0.2, 0) is 4.79 Å². The number of halogens is 1. The second-order valence-electron chi connectivity index (χ2n) is 12.6. The summed E-state index contributed by atoms with van der Waals surface area (Å²) in [4.78, 5) is 13.2. The van der Waals surface area contributed by atoms with Crippen molar-refractivity contribution in [2.75, 3.05) is 0 Å². The lowest BCUT2D eigenvalue weighted by Gasteiger charge is -2.57. The lowest BCUT2D eigenvalue weighted by Crippen LogP contribution is -2.65. The van der Waals surface area contributed by atoms with E-state index in [9.17, 15) is 29.6 Å². The van der Waals surface area contributed by atoms with E-state index in [1.165, 1.54) is 5.57 Å². The topological polar surface area (TPSA) is 98.0 Å². The monoisotopic (exact) mass is 464 g/mol. The minimum absolute atomic E-state index is 0.0468. The van der Waals surface area contributed by atoms with Gasteiger partial charge in [0.05, 0.1) is 0 Å². The van der Waals surface area contributed by atoms with E-state index in [-0.39, 0.29) is 30.5 Å². The summed E-state index contributed by atoms with van der Waals surface area (Å²) in [6, 6.07) is 0. The molecule has 0 amide bonds. The van der Waals surface area contributed by atoms with E-state index in [1.54, 1.807) is 13.8 Å². The molecule has 0 aromatic carbocycles. The van der Waals surface area contributed by atoms with Crippen LogP contribution in [0.4, 0.5) is 4.39 Å². The molecule has 0 radical (unpaired) electrons. The first-order valence-corrected chi connectivity index (χ1v) is 12.6. The molecular weight excluding hydrogens is 423 g/mol. The van der Waals surface area contributed by atoms with Crippen LogP contribution in [0.5, 0.6) is 0 Å². The van der Waals surface area contributed by atoms with Crippen molar-refractivity contribution < 1.29 is 29.6 Å². The molecule has 0 aromatic rings. The van der Waals surface area contributed by atoms with E-state index in [0.29, 0.717) is 18.3 Å². The van der Waals surface area contributed by atoms with Gasteiger partial charge in [-0.1, -0.05) is 45.3 Å². The third-order valence-electron chi connectivity index (χ3n) is 9.65. The van der Waals surface area contributed by atoms with E-state index in [0.717, 1.165) is 43.3 Å². The molecule has 4 aliphatic rings. The van der Waals surface area contributed by atoms with Crippen molar-refractivity contribution in [3.05, 3.63) is 22.8 Å². The number of hydrogen-bond donors (Lipinski definition) is 4. The van der Waals surface area contributed by atoms with E-state index in [4.69, 9.17) is 0 Å². The van der Waals surface area contributed by atoms with Gasteiger partial charge in [-0.15, -0.1) is 0 Å². The van der Waals surface area contributed by atoms with Crippen LogP contribution in [0.25, 0.3) is 0 Å². The largest absolute Gasteiger partial charge is 0.361 e. The van der Waals surface area contributed by atoms with Crippen molar-refractivity contribution in [3.63, 3.8) is 0 Å². The van der Waals surface area contributed by atoms with Gasteiger partial charge in [-0.25, -0.2) is 4.39 Å². The zero-order chi connectivity index (χ0) is 24.6. The fourth-order valence-corrected chi connectivity index (χ4v) is 7.70. The van der Waals surface area contributed by atoms with Crippen LogP contribution in [-0.4, -0.2) is 43.5 Å². The number of fused-ring (bicyclic) bond motifs is 4. The number of carbonyl (C=O) groups is 1. The third kappa shape index (κ3) is 3.95. The summed E-state index contributed by atoms with van der Waals surface area (Å²) in [6.45, 7) is 9.71. The summed E-state index contributed by atoms with van der Waals surface area (Å²) in [5, 5.41) is 41.4. The van der Waals surface area contributed by atoms with Crippen LogP contribution in [0.1, 0.15) is 92.4 Å². The van der Waals surface area contributed by atoms with Crippen LogP contribution >= 0.6 is 0 Å². The lowest BCUT2D eigenvalue weighted by molar-refractivity contribution is -0.386. The van der Waals surface area contributed by atoms with Gasteiger partial charge in [-0.3, -0.25) is 4.79 Å². The first-order valence-electron chi connectivity index (χ1n) is 12.6. The summed E-state index contributed by atoms with van der Waals surface area (Å²) < 4.78 is 13.9. The van der Waals surface area contributed by atoms with Gasteiger partial charge < -0.3 is 20.4 Å². The molecule has 6 heteroatoms. The smallest absolute Gasteiger partial charge is 0.219 e. The number of hydrogen-bond acceptors (Lipinski definition) is 5. The number of carbonyl (C=O) groups excluding carboxylic acids is 1. The SMILES string of the molecule is C[C@H](CCCC(C)(C)F)[C@H]1CC=C2C3=C(CC[C@@]21C)[C@@]1(C)CC(O)(O)C(O)(O)C[C@H]1C(=O)C3. The van der Waals surface area contributed by atoms with Crippen LogP contribution in [0.15, 0.2) is 22.8 Å². The highest BCUT2D eigenvalue weighted by molar-refractivity contribution is 5.88. The second-order valence-corrected chi connectivity index (χ2v) is 12.6. The van der Waals surface area contributed by atoms with Crippen LogP contribution in [0.2, 0.25) is 0 Å². The van der Waals surface area contributed by atoms with E-state index in [2.05, 4.69) is 19.9 Å². The van der Waals surface area contributed by atoms with Crippen molar-refractivity contribution in [1.29, 1.82) is 0 Å². The summed E-state index contributed by atoms with van der Waals surface area (Å²) in [7, 11) is 0. The summed E-state index contributed by atoms with van der Waals surface area (Å²) in [6.07, 6.45) is 6.94. The molecule has 5 nitrogen and oxygen atoms in total. The molecule has 4 N–H and O–H groups in total. The Hall–Kier alpha value is -1.08. The van der Waals surface area contributed by atoms with Crippen LogP contribution < -0.4 is 0 Å². The summed E-state index contributed by atoms with van der Waals surface area (Å²) in [5.74, 6) is -5.17. The molecule has 33 heavy (non-hydrogen) atoms. The molecule has 0 saturated heterocycles. The maximum absolute atomic E-state index is 13.9. The molecule has 0 heterocycles. The number of ketones is 1. The summed E-state index contributed by atoms with van der Waals surface area (Å²) >= 11 is 0. The highest BCUT2D eigenvalue weighted by Gasteiger charge is 2.64. The van der Waals surface area contributed by atoms with Gasteiger partial charge in [0.2, 0.25) is 11.6 Å². The Balaban J connectivity index is 1.61. The average Bonchev–Trinajstić information content (AvgIpc) is 3.00. The summed E-state index contributed by atoms with van der Waals surface area (Å²) in [5.41, 5.74) is 1.37. The number of allylic oxidation sites excluding steroid dienone is 4. The molecule has 1 fully saturated rings. The van der Waals surface area contributed by atoms with E-state index >= 15 is 0 Å². The fraction of sp³-hybridized carbons (Fsp3) is 0.815. The first-order chi connectivity index (χ1) is 15.0. The van der Waals surface area contributed by atoms with Crippen molar-refractivity contribution in [1.82, 2.24) is 0 Å². The number of rotatable bonds is 5. The van der Waals surface area contributed by atoms with Gasteiger partial charge in [-0.05, 0) is 67.9 Å².